The fourth-order valence-corrected chi connectivity index (χ4v) is 3.85. The van der Waals surface area contributed by atoms with Crippen LogP contribution in [0.1, 0.15) is 48.6 Å². The predicted molar refractivity (Wildman–Crippen MR) is 77.5 cm³/mol. The number of nitrogens with zero attached hydrogens (tertiary/aromatic N) is 2. The Hall–Kier alpha value is -1.54. The number of carbonyl (C=O) groups is 1. The van der Waals surface area contributed by atoms with E-state index in [-0.39, 0.29) is 0 Å². The molecule has 1 aliphatic carbocycles. The lowest BCUT2D eigenvalue weighted by Gasteiger charge is -2.18. The van der Waals surface area contributed by atoms with E-state index in [0.717, 1.165) is 42.7 Å². The van der Waals surface area contributed by atoms with Crippen molar-refractivity contribution in [2.45, 2.75) is 45.4 Å². The normalized spacial score (nSPS) is 13.7. The number of rotatable bonds is 4. The van der Waals surface area contributed by atoms with Gasteiger partial charge in [-0.15, -0.1) is 11.3 Å². The Balaban J connectivity index is 2.39. The molecule has 0 fully saturated rings. The molecule has 2 N–H and O–H groups in total. The van der Waals surface area contributed by atoms with Gasteiger partial charge in [-0.25, -0.2) is 4.79 Å². The second-order valence-corrected chi connectivity index (χ2v) is 5.93. The number of hydrogen-bond acceptors (Lipinski definition) is 3. The number of anilines is 1. The summed E-state index contributed by atoms with van der Waals surface area (Å²) in [6.07, 6.45) is 6.17. The molecule has 1 aromatic rings. The summed E-state index contributed by atoms with van der Waals surface area (Å²) in [5.74, 6) is 0. The fraction of sp³-hybridized carbons (Fsp3) is 0.571. The van der Waals surface area contributed by atoms with Crippen LogP contribution in [-0.4, -0.2) is 12.6 Å². The highest BCUT2D eigenvalue weighted by Crippen LogP contribution is 2.39. The van der Waals surface area contributed by atoms with Gasteiger partial charge in [-0.2, -0.15) is 5.26 Å². The minimum atomic E-state index is -0.455. The number of hydrogen-bond donors (Lipinski definition) is 1. The van der Waals surface area contributed by atoms with Crippen LogP contribution in [0.5, 0.6) is 0 Å². The van der Waals surface area contributed by atoms with Crippen LogP contribution in [0.25, 0.3) is 0 Å². The monoisotopic (exact) mass is 277 g/mol. The van der Waals surface area contributed by atoms with Crippen LogP contribution in [0.15, 0.2) is 0 Å². The summed E-state index contributed by atoms with van der Waals surface area (Å²) in [4.78, 5) is 14.5. The maximum atomic E-state index is 11.6. The van der Waals surface area contributed by atoms with Crippen molar-refractivity contribution in [1.82, 2.24) is 0 Å². The van der Waals surface area contributed by atoms with Crippen LogP contribution in [-0.2, 0) is 12.8 Å². The molecule has 2 rings (SSSR count). The quantitative estimate of drug-likeness (QED) is 0.918. The van der Waals surface area contributed by atoms with E-state index in [0.29, 0.717) is 12.1 Å². The number of amides is 2. The van der Waals surface area contributed by atoms with Gasteiger partial charge < -0.3 is 5.73 Å². The molecule has 0 saturated heterocycles. The van der Waals surface area contributed by atoms with Gasteiger partial charge in [0.05, 0.1) is 5.56 Å². The molecule has 0 bridgehead atoms. The summed E-state index contributed by atoms with van der Waals surface area (Å²) in [6.45, 7) is 2.67. The van der Waals surface area contributed by atoms with Gasteiger partial charge in [0.2, 0.25) is 0 Å². The minimum absolute atomic E-state index is 0.455. The van der Waals surface area contributed by atoms with Gasteiger partial charge in [0.15, 0.2) is 0 Å². The smallest absolute Gasteiger partial charge is 0.319 e. The Morgan fingerprint density at radius 1 is 1.47 bits per heavy atom. The van der Waals surface area contributed by atoms with E-state index in [2.05, 4.69) is 13.0 Å². The van der Waals surface area contributed by atoms with Gasteiger partial charge in [-0.1, -0.05) is 13.3 Å². The van der Waals surface area contributed by atoms with E-state index < -0.39 is 6.03 Å². The van der Waals surface area contributed by atoms with Crippen molar-refractivity contribution in [1.29, 1.82) is 5.26 Å². The van der Waals surface area contributed by atoms with E-state index in [1.807, 2.05) is 0 Å². The molecule has 1 aliphatic rings. The zero-order valence-electron chi connectivity index (χ0n) is 11.2. The molecule has 1 heterocycles. The molecule has 0 aliphatic heterocycles. The van der Waals surface area contributed by atoms with Crippen molar-refractivity contribution in [3.8, 4) is 6.07 Å². The van der Waals surface area contributed by atoms with Gasteiger partial charge in [-0.05, 0) is 37.7 Å². The van der Waals surface area contributed by atoms with Crippen LogP contribution < -0.4 is 10.6 Å². The highest BCUT2D eigenvalue weighted by Gasteiger charge is 2.25. The number of unbranched alkanes of at least 4 members (excludes halogenated alkanes) is 1. The van der Waals surface area contributed by atoms with Crippen molar-refractivity contribution < 1.29 is 4.79 Å². The van der Waals surface area contributed by atoms with E-state index in [4.69, 9.17) is 5.73 Å². The number of fused-ring (bicyclic) bond motifs is 1. The number of nitriles is 1. The molecule has 4 nitrogen and oxygen atoms in total. The lowest BCUT2D eigenvalue weighted by Crippen LogP contribution is -2.36. The van der Waals surface area contributed by atoms with Crippen LogP contribution >= 0.6 is 11.3 Å². The summed E-state index contributed by atoms with van der Waals surface area (Å²) in [5.41, 5.74) is 7.30. The highest BCUT2D eigenvalue weighted by molar-refractivity contribution is 7.16. The zero-order valence-corrected chi connectivity index (χ0v) is 12.1. The Labute approximate surface area is 117 Å². The zero-order chi connectivity index (χ0) is 13.8. The Morgan fingerprint density at radius 2 is 2.21 bits per heavy atom. The maximum Gasteiger partial charge on any atom is 0.319 e. The molecule has 0 spiro atoms. The molecule has 0 saturated carbocycles. The van der Waals surface area contributed by atoms with Gasteiger partial charge >= 0.3 is 6.03 Å². The first-order valence-corrected chi connectivity index (χ1v) is 7.62. The molecule has 2 amide bonds. The van der Waals surface area contributed by atoms with Crippen molar-refractivity contribution in [2.24, 2.45) is 5.73 Å². The van der Waals surface area contributed by atoms with Crippen LogP contribution in [0.2, 0.25) is 0 Å². The van der Waals surface area contributed by atoms with Crippen molar-refractivity contribution in [3.63, 3.8) is 0 Å². The number of aryl methyl sites for hydroxylation is 1. The molecule has 1 aromatic heterocycles. The number of primary amides is 1. The van der Waals surface area contributed by atoms with Crippen molar-refractivity contribution >= 4 is 22.4 Å². The molecule has 0 unspecified atom stereocenters. The van der Waals surface area contributed by atoms with E-state index in [9.17, 15) is 10.1 Å². The molecule has 0 radical (unpaired) electrons. The Kier molecular flexibility index (Phi) is 4.43. The second-order valence-electron chi connectivity index (χ2n) is 4.85. The SMILES string of the molecule is CCCCN(C(N)=O)c1sc2c(c1C#N)CCCC2. The van der Waals surface area contributed by atoms with E-state index in [1.54, 1.807) is 16.2 Å². The van der Waals surface area contributed by atoms with Crippen molar-refractivity contribution in [2.75, 3.05) is 11.4 Å². The fourth-order valence-electron chi connectivity index (χ4n) is 2.48. The molecule has 0 atom stereocenters. The molecule has 19 heavy (non-hydrogen) atoms. The molecule has 5 heteroatoms. The lowest BCUT2D eigenvalue weighted by molar-refractivity contribution is 0.254. The molecule has 102 valence electrons. The first kappa shape index (κ1) is 13.9. The first-order valence-electron chi connectivity index (χ1n) is 6.80. The maximum absolute atomic E-state index is 11.6. The van der Waals surface area contributed by atoms with Crippen molar-refractivity contribution in [3.05, 3.63) is 16.0 Å². The van der Waals surface area contributed by atoms with Gasteiger partial charge in [0.25, 0.3) is 0 Å². The number of thiophene rings is 1. The Morgan fingerprint density at radius 3 is 2.84 bits per heavy atom. The van der Waals surface area contributed by atoms with E-state index in [1.165, 1.54) is 11.3 Å². The highest BCUT2D eigenvalue weighted by atomic mass is 32.1. The summed E-state index contributed by atoms with van der Waals surface area (Å²) < 4.78 is 0. The standard InChI is InChI=1S/C14H19N3OS/c1-2-3-8-17(14(16)18)13-11(9-15)10-6-4-5-7-12(10)19-13/h2-8H2,1H3,(H2,16,18). The summed E-state index contributed by atoms with van der Waals surface area (Å²) in [5, 5.41) is 10.2. The van der Waals surface area contributed by atoms with Gasteiger partial charge in [0, 0.05) is 11.4 Å². The number of urea groups is 1. The summed E-state index contributed by atoms with van der Waals surface area (Å²) >= 11 is 1.58. The second kappa shape index (κ2) is 6.07. The first-order chi connectivity index (χ1) is 9.19. The van der Waals surface area contributed by atoms with Crippen LogP contribution in [0.4, 0.5) is 9.80 Å². The summed E-state index contributed by atoms with van der Waals surface area (Å²) in [6, 6.07) is 1.82. The predicted octanol–water partition coefficient (Wildman–Crippen LogP) is 3.18. The lowest BCUT2D eigenvalue weighted by atomic mass is 9.96. The number of carbonyl (C=O) groups excluding carboxylic acids is 1. The third-order valence-corrected chi connectivity index (χ3v) is 4.83. The van der Waals surface area contributed by atoms with Gasteiger partial charge in [0.1, 0.15) is 11.1 Å². The van der Waals surface area contributed by atoms with Gasteiger partial charge in [-0.3, -0.25) is 4.90 Å². The third kappa shape index (κ3) is 2.74. The number of nitrogens with two attached hydrogens (primary N) is 1. The molecular formula is C14H19N3OS. The van der Waals surface area contributed by atoms with E-state index >= 15 is 0 Å². The topological polar surface area (TPSA) is 70.1 Å². The average molecular weight is 277 g/mol. The van der Waals surface area contributed by atoms with Crippen LogP contribution in [0, 0.1) is 11.3 Å². The average Bonchev–Trinajstić information content (AvgIpc) is 2.77. The largest absolute Gasteiger partial charge is 0.351 e. The minimum Gasteiger partial charge on any atom is -0.351 e. The molecule has 0 aromatic carbocycles. The Bertz CT molecular complexity index is 515. The third-order valence-electron chi connectivity index (χ3n) is 3.51. The molecular weight excluding hydrogens is 258 g/mol. The summed E-state index contributed by atoms with van der Waals surface area (Å²) in [7, 11) is 0. The van der Waals surface area contributed by atoms with Crippen LogP contribution in [0.3, 0.4) is 0 Å².